The molecular weight excluding hydrogens is 338 g/mol. The van der Waals surface area contributed by atoms with Crippen molar-refractivity contribution in [2.45, 2.75) is 57.6 Å². The molecule has 1 fully saturated rings. The third-order valence-electron chi connectivity index (χ3n) is 4.70. The van der Waals surface area contributed by atoms with E-state index in [2.05, 4.69) is 24.3 Å². The molecule has 5 nitrogen and oxygen atoms in total. The Bertz CT molecular complexity index is 732. The minimum atomic E-state index is -0.230. The van der Waals surface area contributed by atoms with Gasteiger partial charge in [-0.05, 0) is 55.9 Å². The van der Waals surface area contributed by atoms with Gasteiger partial charge in [-0.3, -0.25) is 4.79 Å². The summed E-state index contributed by atoms with van der Waals surface area (Å²) in [6.45, 7) is 4.11. The van der Waals surface area contributed by atoms with Crippen molar-refractivity contribution in [3.8, 4) is 5.69 Å². The third-order valence-corrected chi connectivity index (χ3v) is 4.95. The highest BCUT2D eigenvalue weighted by molar-refractivity contribution is 6.30. The van der Waals surface area contributed by atoms with Gasteiger partial charge >= 0.3 is 0 Å². The summed E-state index contributed by atoms with van der Waals surface area (Å²) in [4.78, 5) is 12.8. The second-order valence-corrected chi connectivity index (χ2v) is 7.40. The van der Waals surface area contributed by atoms with E-state index in [1.165, 1.54) is 0 Å². The fourth-order valence-corrected chi connectivity index (χ4v) is 3.49. The van der Waals surface area contributed by atoms with Crippen LogP contribution in [-0.4, -0.2) is 32.9 Å². The molecule has 0 spiro atoms. The highest BCUT2D eigenvalue weighted by Gasteiger charge is 2.25. The van der Waals surface area contributed by atoms with E-state index in [9.17, 15) is 9.90 Å². The van der Waals surface area contributed by atoms with Crippen LogP contribution in [0.1, 0.15) is 61.5 Å². The summed E-state index contributed by atoms with van der Waals surface area (Å²) in [5, 5.41) is 17.8. The van der Waals surface area contributed by atoms with Crippen LogP contribution >= 0.6 is 11.6 Å². The van der Waals surface area contributed by atoms with E-state index in [4.69, 9.17) is 11.6 Å². The quantitative estimate of drug-likeness (QED) is 0.872. The molecule has 1 amide bonds. The maximum absolute atomic E-state index is 12.8. The molecule has 2 N–H and O–H groups in total. The number of amides is 1. The average Bonchev–Trinajstić information content (AvgIpc) is 3.03. The lowest BCUT2D eigenvalue weighted by Crippen LogP contribution is -2.38. The first-order valence-electron chi connectivity index (χ1n) is 8.78. The number of hydrogen-bond donors (Lipinski definition) is 2. The molecule has 6 heteroatoms. The zero-order chi connectivity index (χ0) is 18.0. The fourth-order valence-electron chi connectivity index (χ4n) is 3.36. The summed E-state index contributed by atoms with van der Waals surface area (Å²) in [7, 11) is 0. The number of hydrogen-bond acceptors (Lipinski definition) is 3. The van der Waals surface area contributed by atoms with Gasteiger partial charge in [0.05, 0.1) is 29.2 Å². The third kappa shape index (κ3) is 4.05. The number of aliphatic hydroxyl groups excluding tert-OH is 1. The Labute approximate surface area is 153 Å². The molecule has 0 unspecified atom stereocenters. The molecule has 2 aromatic rings. The summed E-state index contributed by atoms with van der Waals surface area (Å²) < 4.78 is 1.81. The number of nitrogens with zero attached hydrogens (tertiary/aromatic N) is 2. The maximum atomic E-state index is 12.8. The van der Waals surface area contributed by atoms with Crippen LogP contribution in [0.15, 0.2) is 30.5 Å². The Morgan fingerprint density at radius 3 is 2.48 bits per heavy atom. The molecule has 0 aliphatic heterocycles. The lowest BCUT2D eigenvalue weighted by molar-refractivity contribution is 0.0866. The van der Waals surface area contributed by atoms with Gasteiger partial charge in [0.2, 0.25) is 0 Å². The summed E-state index contributed by atoms with van der Waals surface area (Å²) in [5.74, 6) is 0.0532. The number of carbonyl (C=O) groups is 1. The van der Waals surface area contributed by atoms with Gasteiger partial charge in [0.1, 0.15) is 0 Å². The molecule has 0 radical (unpaired) electrons. The van der Waals surface area contributed by atoms with Crippen LogP contribution in [-0.2, 0) is 0 Å². The van der Waals surface area contributed by atoms with Gasteiger partial charge in [0, 0.05) is 11.1 Å². The van der Waals surface area contributed by atoms with E-state index in [1.807, 2.05) is 24.3 Å². The first-order valence-corrected chi connectivity index (χ1v) is 9.16. The normalized spacial score (nSPS) is 20.7. The van der Waals surface area contributed by atoms with Crippen LogP contribution in [0, 0.1) is 0 Å². The zero-order valence-electron chi connectivity index (χ0n) is 14.6. The summed E-state index contributed by atoms with van der Waals surface area (Å²) in [6.07, 6.45) is 4.52. The van der Waals surface area contributed by atoms with E-state index in [-0.39, 0.29) is 24.0 Å². The van der Waals surface area contributed by atoms with E-state index in [0.717, 1.165) is 37.1 Å². The second kappa shape index (κ2) is 7.58. The number of rotatable bonds is 4. The molecule has 25 heavy (non-hydrogen) atoms. The van der Waals surface area contributed by atoms with Crippen LogP contribution in [0.4, 0.5) is 0 Å². The molecule has 1 aromatic carbocycles. The van der Waals surface area contributed by atoms with Crippen LogP contribution in [0.5, 0.6) is 0 Å². The highest BCUT2D eigenvalue weighted by Crippen LogP contribution is 2.25. The van der Waals surface area contributed by atoms with Gasteiger partial charge in [-0.25, -0.2) is 4.68 Å². The summed E-state index contributed by atoms with van der Waals surface area (Å²) in [6, 6.07) is 7.54. The van der Waals surface area contributed by atoms with Crippen molar-refractivity contribution in [2.75, 3.05) is 0 Å². The van der Waals surface area contributed by atoms with Crippen molar-refractivity contribution < 1.29 is 9.90 Å². The molecule has 0 bridgehead atoms. The van der Waals surface area contributed by atoms with Crippen molar-refractivity contribution >= 4 is 17.5 Å². The molecule has 1 saturated carbocycles. The second-order valence-electron chi connectivity index (χ2n) is 6.97. The molecular formula is C19H24ClN3O2. The minimum Gasteiger partial charge on any atom is -0.393 e. The summed E-state index contributed by atoms with van der Waals surface area (Å²) in [5.41, 5.74) is 2.37. The van der Waals surface area contributed by atoms with Crippen molar-refractivity contribution in [1.29, 1.82) is 0 Å². The van der Waals surface area contributed by atoms with Crippen LogP contribution < -0.4 is 5.32 Å². The van der Waals surface area contributed by atoms with E-state index >= 15 is 0 Å². The monoisotopic (exact) mass is 361 g/mol. The van der Waals surface area contributed by atoms with Gasteiger partial charge in [0.25, 0.3) is 5.91 Å². The molecule has 0 saturated heterocycles. The predicted octanol–water partition coefficient (Wildman–Crippen LogP) is 3.68. The van der Waals surface area contributed by atoms with Crippen LogP contribution in [0.25, 0.3) is 5.69 Å². The Morgan fingerprint density at radius 1 is 1.24 bits per heavy atom. The first-order chi connectivity index (χ1) is 12.0. The SMILES string of the molecule is CC(C)c1c(C(=O)NC2CCC(O)CC2)cnn1-c1ccc(Cl)cc1. The topological polar surface area (TPSA) is 67.2 Å². The Balaban J connectivity index is 1.84. The van der Waals surface area contributed by atoms with Crippen molar-refractivity contribution in [3.63, 3.8) is 0 Å². The van der Waals surface area contributed by atoms with Crippen molar-refractivity contribution in [3.05, 3.63) is 46.7 Å². The molecule has 0 atom stereocenters. The van der Waals surface area contributed by atoms with E-state index < -0.39 is 0 Å². The molecule has 3 rings (SSSR count). The predicted molar refractivity (Wildman–Crippen MR) is 98.4 cm³/mol. The lowest BCUT2D eigenvalue weighted by atomic mass is 9.93. The summed E-state index contributed by atoms with van der Waals surface area (Å²) >= 11 is 5.96. The van der Waals surface area contributed by atoms with Gasteiger partial charge in [-0.2, -0.15) is 5.10 Å². The van der Waals surface area contributed by atoms with Crippen LogP contribution in [0.2, 0.25) is 5.02 Å². The number of aliphatic hydroxyl groups is 1. The van der Waals surface area contributed by atoms with Gasteiger partial charge in [-0.15, -0.1) is 0 Å². The number of benzene rings is 1. The molecule has 1 heterocycles. The zero-order valence-corrected chi connectivity index (χ0v) is 15.3. The first kappa shape index (κ1) is 18.0. The number of carbonyl (C=O) groups excluding carboxylic acids is 1. The molecule has 1 aliphatic rings. The van der Waals surface area contributed by atoms with Crippen molar-refractivity contribution in [1.82, 2.24) is 15.1 Å². The van der Waals surface area contributed by atoms with E-state index in [0.29, 0.717) is 10.6 Å². The average molecular weight is 362 g/mol. The highest BCUT2D eigenvalue weighted by atomic mass is 35.5. The minimum absolute atomic E-state index is 0.0923. The Kier molecular flexibility index (Phi) is 5.45. The van der Waals surface area contributed by atoms with Crippen LogP contribution in [0.3, 0.4) is 0 Å². The smallest absolute Gasteiger partial charge is 0.255 e. The molecule has 1 aliphatic carbocycles. The standard InChI is InChI=1S/C19H24ClN3O2/c1-12(2)18-17(19(25)22-14-5-9-16(24)10-6-14)11-21-23(18)15-7-3-13(20)4-8-15/h3-4,7-8,11-12,14,16,24H,5-6,9-10H2,1-2H3,(H,22,25). The van der Waals surface area contributed by atoms with Gasteiger partial charge in [0.15, 0.2) is 0 Å². The Hall–Kier alpha value is -1.85. The number of nitrogens with one attached hydrogen (secondary N) is 1. The van der Waals surface area contributed by atoms with E-state index in [1.54, 1.807) is 10.9 Å². The Morgan fingerprint density at radius 2 is 1.88 bits per heavy atom. The fraction of sp³-hybridized carbons (Fsp3) is 0.474. The maximum Gasteiger partial charge on any atom is 0.255 e. The van der Waals surface area contributed by atoms with Gasteiger partial charge < -0.3 is 10.4 Å². The molecule has 1 aromatic heterocycles. The number of aromatic nitrogens is 2. The lowest BCUT2D eigenvalue weighted by Gasteiger charge is -2.26. The number of halogens is 1. The van der Waals surface area contributed by atoms with Crippen molar-refractivity contribution in [2.24, 2.45) is 0 Å². The molecule has 134 valence electrons. The largest absolute Gasteiger partial charge is 0.393 e. The van der Waals surface area contributed by atoms with Gasteiger partial charge in [-0.1, -0.05) is 25.4 Å².